The van der Waals surface area contributed by atoms with Gasteiger partial charge in [0.25, 0.3) is 5.69 Å². The quantitative estimate of drug-likeness (QED) is 0.246. The van der Waals surface area contributed by atoms with Crippen LogP contribution < -0.4 is 9.30 Å². The monoisotopic (exact) mass is 450 g/mol. The first-order valence-electron chi connectivity index (χ1n) is 12.9. The number of nitrogens with zero attached hydrogens (tertiary/aromatic N) is 1. The van der Waals surface area contributed by atoms with Crippen molar-refractivity contribution in [3.05, 3.63) is 64.7 Å². The molecule has 0 amide bonds. The van der Waals surface area contributed by atoms with Gasteiger partial charge in [-0.15, -0.1) is 0 Å². The third-order valence-electron chi connectivity index (χ3n) is 8.07. The molecule has 6 rings (SSSR count). The molecule has 0 radical (unpaired) electrons. The fourth-order valence-corrected chi connectivity index (χ4v) is 6.38. The van der Waals surface area contributed by atoms with Crippen LogP contribution in [0.3, 0.4) is 0 Å². The Morgan fingerprint density at radius 1 is 0.912 bits per heavy atom. The molecule has 1 aromatic heterocycles. The molecular formula is C32H36NO+. The minimum absolute atomic E-state index is 0.231. The number of ether oxygens (including phenoxy) is 1. The SMILES string of the molecule is Cc1cc2cc(CC(C)(C)C)cc3c2c(c1C)-c1c(cc2cc(C4CCCC4)ccc2[n+]1C)O3. The molecule has 34 heavy (non-hydrogen) atoms. The minimum atomic E-state index is 0.231. The van der Waals surface area contributed by atoms with Crippen LogP contribution in [0.15, 0.2) is 42.5 Å². The summed E-state index contributed by atoms with van der Waals surface area (Å²) in [7, 11) is 2.20. The summed E-state index contributed by atoms with van der Waals surface area (Å²) in [5.41, 5.74) is 9.55. The van der Waals surface area contributed by atoms with Crippen LogP contribution in [0.2, 0.25) is 0 Å². The lowest BCUT2D eigenvalue weighted by Crippen LogP contribution is -2.33. The zero-order chi connectivity index (χ0) is 23.8. The number of hydrogen-bond acceptors (Lipinski definition) is 1. The van der Waals surface area contributed by atoms with E-state index in [-0.39, 0.29) is 5.41 Å². The van der Waals surface area contributed by atoms with Gasteiger partial charge in [-0.05, 0) is 84.2 Å². The Hall–Kier alpha value is -2.87. The first-order chi connectivity index (χ1) is 16.2. The summed E-state index contributed by atoms with van der Waals surface area (Å²) < 4.78 is 9.09. The van der Waals surface area contributed by atoms with Crippen molar-refractivity contribution in [1.29, 1.82) is 0 Å². The Kier molecular flexibility index (Phi) is 4.82. The van der Waals surface area contributed by atoms with Crippen molar-refractivity contribution in [1.82, 2.24) is 0 Å². The molecule has 1 saturated carbocycles. The molecule has 3 aromatic carbocycles. The summed E-state index contributed by atoms with van der Waals surface area (Å²) in [6.45, 7) is 11.4. The van der Waals surface area contributed by atoms with Gasteiger partial charge in [0.05, 0.1) is 10.9 Å². The Morgan fingerprint density at radius 3 is 2.41 bits per heavy atom. The van der Waals surface area contributed by atoms with Crippen LogP contribution in [0.25, 0.3) is 32.9 Å². The molecule has 174 valence electrons. The lowest BCUT2D eigenvalue weighted by Gasteiger charge is -2.25. The molecular weight excluding hydrogens is 414 g/mol. The van der Waals surface area contributed by atoms with Gasteiger partial charge in [0.2, 0.25) is 5.52 Å². The second-order valence-electron chi connectivity index (χ2n) is 11.9. The third kappa shape index (κ3) is 3.42. The molecule has 1 aliphatic carbocycles. The average Bonchev–Trinajstić information content (AvgIpc) is 3.30. The van der Waals surface area contributed by atoms with Crippen LogP contribution >= 0.6 is 0 Å². The van der Waals surface area contributed by atoms with Crippen molar-refractivity contribution >= 4 is 21.7 Å². The molecule has 0 spiro atoms. The van der Waals surface area contributed by atoms with Gasteiger partial charge in [-0.25, -0.2) is 0 Å². The van der Waals surface area contributed by atoms with Crippen LogP contribution in [-0.2, 0) is 13.5 Å². The number of rotatable bonds is 2. The van der Waals surface area contributed by atoms with Gasteiger partial charge in [0.15, 0.2) is 5.75 Å². The van der Waals surface area contributed by atoms with Crippen LogP contribution in [0.1, 0.15) is 74.6 Å². The molecule has 1 aliphatic heterocycles. The summed E-state index contributed by atoms with van der Waals surface area (Å²) in [6, 6.07) is 16.4. The predicted molar refractivity (Wildman–Crippen MR) is 142 cm³/mol. The van der Waals surface area contributed by atoms with Crippen molar-refractivity contribution in [3.63, 3.8) is 0 Å². The molecule has 2 aliphatic rings. The average molecular weight is 451 g/mol. The second-order valence-corrected chi connectivity index (χ2v) is 11.9. The minimum Gasteiger partial charge on any atom is -0.450 e. The zero-order valence-electron chi connectivity index (χ0n) is 21.5. The summed E-state index contributed by atoms with van der Waals surface area (Å²) in [4.78, 5) is 0. The zero-order valence-corrected chi connectivity index (χ0v) is 21.5. The highest BCUT2D eigenvalue weighted by molar-refractivity contribution is 6.05. The molecule has 0 N–H and O–H groups in total. The lowest BCUT2D eigenvalue weighted by molar-refractivity contribution is -0.633. The van der Waals surface area contributed by atoms with Crippen molar-refractivity contribution < 1.29 is 9.30 Å². The normalized spacial score (nSPS) is 15.7. The van der Waals surface area contributed by atoms with Crippen LogP contribution in [0.5, 0.6) is 11.5 Å². The lowest BCUT2D eigenvalue weighted by atomic mass is 9.85. The van der Waals surface area contributed by atoms with Crippen molar-refractivity contribution in [2.45, 2.75) is 72.6 Å². The Morgan fingerprint density at radius 2 is 1.68 bits per heavy atom. The molecule has 4 aromatic rings. The molecule has 0 atom stereocenters. The number of pyridine rings is 1. The van der Waals surface area contributed by atoms with E-state index in [4.69, 9.17) is 4.74 Å². The first kappa shape index (κ1) is 21.6. The predicted octanol–water partition coefficient (Wildman–Crippen LogP) is 8.45. The van der Waals surface area contributed by atoms with Crippen LogP contribution in [0.4, 0.5) is 0 Å². The molecule has 2 heteroatoms. The number of aromatic nitrogens is 1. The summed E-state index contributed by atoms with van der Waals surface area (Å²) >= 11 is 0. The van der Waals surface area contributed by atoms with E-state index in [2.05, 4.69) is 88.7 Å². The molecule has 1 fully saturated rings. The van der Waals surface area contributed by atoms with Gasteiger partial charge in [-0.1, -0.05) is 51.8 Å². The highest BCUT2D eigenvalue weighted by Crippen LogP contribution is 2.49. The molecule has 2 heterocycles. The van der Waals surface area contributed by atoms with Crippen LogP contribution in [0, 0.1) is 19.3 Å². The first-order valence-corrected chi connectivity index (χ1v) is 12.9. The highest BCUT2D eigenvalue weighted by atomic mass is 16.5. The van der Waals surface area contributed by atoms with E-state index < -0.39 is 0 Å². The number of fused-ring (bicyclic) bond motifs is 3. The molecule has 0 unspecified atom stereocenters. The summed E-state index contributed by atoms with van der Waals surface area (Å²) in [5, 5.41) is 3.82. The maximum Gasteiger partial charge on any atom is 0.256 e. The van der Waals surface area contributed by atoms with Crippen molar-refractivity contribution in [2.75, 3.05) is 0 Å². The molecule has 2 nitrogen and oxygen atoms in total. The van der Waals surface area contributed by atoms with Gasteiger partial charge in [-0.3, -0.25) is 0 Å². The Bertz CT molecular complexity index is 1470. The third-order valence-corrected chi connectivity index (χ3v) is 8.07. The fourth-order valence-electron chi connectivity index (χ4n) is 6.38. The van der Waals surface area contributed by atoms with Crippen molar-refractivity contribution in [3.8, 4) is 22.8 Å². The van der Waals surface area contributed by atoms with Gasteiger partial charge >= 0.3 is 0 Å². The van der Waals surface area contributed by atoms with Crippen LogP contribution in [-0.4, -0.2) is 0 Å². The smallest absolute Gasteiger partial charge is 0.256 e. The maximum atomic E-state index is 6.73. The van der Waals surface area contributed by atoms with E-state index in [1.54, 1.807) is 0 Å². The number of benzene rings is 3. The summed E-state index contributed by atoms with van der Waals surface area (Å²) in [6.07, 6.45) is 6.40. The molecule has 0 saturated heterocycles. The standard InChI is InChI=1S/C32H36NO/c1-19-13-25-14-21(18-32(3,4)5)15-27-30(25)29(20(19)2)31-28(34-27)17-24-16-23(22-9-7-8-10-22)11-12-26(24)33(31)6/h11-17,22H,7-10,18H2,1-6H3/q+1. The van der Waals surface area contributed by atoms with E-state index >= 15 is 0 Å². The number of aryl methyl sites for hydroxylation is 2. The van der Waals surface area contributed by atoms with E-state index in [1.165, 1.54) is 80.9 Å². The largest absolute Gasteiger partial charge is 0.450 e. The molecule has 0 bridgehead atoms. The Balaban J connectivity index is 1.60. The van der Waals surface area contributed by atoms with E-state index in [0.717, 1.165) is 17.9 Å². The van der Waals surface area contributed by atoms with Gasteiger partial charge in [-0.2, -0.15) is 4.57 Å². The van der Waals surface area contributed by atoms with Gasteiger partial charge in [0, 0.05) is 17.5 Å². The van der Waals surface area contributed by atoms with Crippen molar-refractivity contribution in [2.24, 2.45) is 12.5 Å². The highest BCUT2D eigenvalue weighted by Gasteiger charge is 2.32. The maximum absolute atomic E-state index is 6.73. The topological polar surface area (TPSA) is 13.1 Å². The van der Waals surface area contributed by atoms with Gasteiger partial charge < -0.3 is 4.74 Å². The van der Waals surface area contributed by atoms with E-state index in [9.17, 15) is 0 Å². The van der Waals surface area contributed by atoms with E-state index in [0.29, 0.717) is 5.92 Å². The second kappa shape index (κ2) is 7.57. The summed E-state index contributed by atoms with van der Waals surface area (Å²) in [5.74, 6) is 2.70. The Labute approximate surface area is 203 Å². The fraction of sp³-hybridized carbons (Fsp3) is 0.406. The van der Waals surface area contributed by atoms with Gasteiger partial charge in [0.1, 0.15) is 12.8 Å². The van der Waals surface area contributed by atoms with E-state index in [1.807, 2.05) is 0 Å². The number of hydrogen-bond donors (Lipinski definition) is 0.